The third-order valence-corrected chi connectivity index (χ3v) is 3.69. The topological polar surface area (TPSA) is 66.8 Å². The number of hydrogen-bond donors (Lipinski definition) is 2. The van der Waals surface area contributed by atoms with Gasteiger partial charge in [0.15, 0.2) is 0 Å². The zero-order chi connectivity index (χ0) is 12.8. The molecule has 0 saturated heterocycles. The molecule has 1 rings (SSSR count). The number of aliphatic hydroxyl groups excluding tert-OH is 2. The van der Waals surface area contributed by atoms with E-state index in [1.165, 1.54) is 11.3 Å². The maximum atomic E-state index is 11.5. The number of aryl methyl sites for hydroxylation is 2. The van der Waals surface area contributed by atoms with Gasteiger partial charge in [0.2, 0.25) is 0 Å². The molecule has 0 unspecified atom stereocenters. The van der Waals surface area contributed by atoms with Crippen LogP contribution in [0.2, 0.25) is 0 Å². The third-order valence-electron chi connectivity index (χ3n) is 2.41. The summed E-state index contributed by atoms with van der Waals surface area (Å²) in [5.41, 5.74) is 1.03. The van der Waals surface area contributed by atoms with Crippen LogP contribution in [0.5, 0.6) is 0 Å². The average molecular weight is 258 g/mol. The highest BCUT2D eigenvalue weighted by atomic mass is 32.1. The number of carbonyl (C=O) groups excluding carboxylic acids is 1. The summed E-state index contributed by atoms with van der Waals surface area (Å²) in [7, 11) is 0. The van der Waals surface area contributed by atoms with E-state index in [1.807, 2.05) is 13.0 Å². The first kappa shape index (κ1) is 14.2. The number of hydrogen-bond acceptors (Lipinski definition) is 5. The molecule has 0 saturated carbocycles. The van der Waals surface area contributed by atoms with E-state index in [0.717, 1.165) is 10.4 Å². The lowest BCUT2D eigenvalue weighted by atomic mass is 10.1. The predicted molar refractivity (Wildman–Crippen MR) is 66.4 cm³/mol. The van der Waals surface area contributed by atoms with E-state index in [9.17, 15) is 9.90 Å². The quantitative estimate of drug-likeness (QED) is 0.759. The molecule has 17 heavy (non-hydrogen) atoms. The molecule has 5 heteroatoms. The van der Waals surface area contributed by atoms with E-state index in [-0.39, 0.29) is 12.6 Å². The van der Waals surface area contributed by atoms with E-state index in [0.29, 0.717) is 24.3 Å². The molecular weight excluding hydrogens is 240 g/mol. The van der Waals surface area contributed by atoms with Crippen LogP contribution in [0, 0.1) is 6.92 Å². The summed E-state index contributed by atoms with van der Waals surface area (Å²) < 4.78 is 4.93. The van der Waals surface area contributed by atoms with Crippen LogP contribution in [0.25, 0.3) is 0 Å². The van der Waals surface area contributed by atoms with Crippen molar-refractivity contribution in [3.63, 3.8) is 0 Å². The van der Waals surface area contributed by atoms with Crippen molar-refractivity contribution >= 4 is 17.3 Å². The molecule has 0 aliphatic heterocycles. The fourth-order valence-electron chi connectivity index (χ4n) is 1.46. The molecule has 4 nitrogen and oxygen atoms in total. The molecule has 0 fully saturated rings. The third kappa shape index (κ3) is 4.11. The molecule has 0 aliphatic rings. The van der Waals surface area contributed by atoms with Crippen molar-refractivity contribution in [3.8, 4) is 0 Å². The molecule has 1 aromatic heterocycles. The Morgan fingerprint density at radius 2 is 2.29 bits per heavy atom. The lowest BCUT2D eigenvalue weighted by molar-refractivity contribution is 0.0532. The van der Waals surface area contributed by atoms with Crippen LogP contribution in [-0.4, -0.2) is 35.5 Å². The van der Waals surface area contributed by atoms with Gasteiger partial charge >= 0.3 is 5.97 Å². The summed E-state index contributed by atoms with van der Waals surface area (Å²) in [6.45, 7) is 3.85. The molecule has 1 aromatic rings. The van der Waals surface area contributed by atoms with Crippen molar-refractivity contribution in [3.05, 3.63) is 21.4 Å². The Labute approximate surface area is 105 Å². The van der Waals surface area contributed by atoms with Gasteiger partial charge in [-0.25, -0.2) is 4.79 Å². The van der Waals surface area contributed by atoms with Crippen molar-refractivity contribution in [1.82, 2.24) is 0 Å². The Morgan fingerprint density at radius 1 is 1.59 bits per heavy atom. The second-order valence-electron chi connectivity index (χ2n) is 3.81. The monoisotopic (exact) mass is 258 g/mol. The number of thiophene rings is 1. The number of ether oxygens (including phenoxy) is 1. The maximum absolute atomic E-state index is 11.5. The van der Waals surface area contributed by atoms with Gasteiger partial charge in [0.25, 0.3) is 0 Å². The molecule has 0 radical (unpaired) electrons. The molecule has 0 amide bonds. The van der Waals surface area contributed by atoms with Crippen LogP contribution in [0.1, 0.15) is 33.5 Å². The molecule has 1 atom stereocenters. The largest absolute Gasteiger partial charge is 0.462 e. The summed E-state index contributed by atoms with van der Waals surface area (Å²) in [4.78, 5) is 13.2. The van der Waals surface area contributed by atoms with E-state index < -0.39 is 6.10 Å². The lowest BCUT2D eigenvalue weighted by Gasteiger charge is -2.05. The molecule has 0 bridgehead atoms. The van der Waals surface area contributed by atoms with Gasteiger partial charge < -0.3 is 14.9 Å². The molecular formula is C12H18O4S. The number of aliphatic hydroxyl groups is 2. The van der Waals surface area contributed by atoms with Crippen LogP contribution in [0.4, 0.5) is 0 Å². The Hall–Kier alpha value is -0.910. The van der Waals surface area contributed by atoms with Crippen molar-refractivity contribution in [2.75, 3.05) is 13.2 Å². The summed E-state index contributed by atoms with van der Waals surface area (Å²) in [6.07, 6.45) is 0.472. The number of esters is 1. The van der Waals surface area contributed by atoms with Crippen molar-refractivity contribution < 1.29 is 19.7 Å². The summed E-state index contributed by atoms with van der Waals surface area (Å²) in [6, 6.07) is 1.81. The Bertz CT molecular complexity index is 373. The van der Waals surface area contributed by atoms with Crippen LogP contribution in [0.15, 0.2) is 6.07 Å². The molecule has 1 heterocycles. The van der Waals surface area contributed by atoms with Gasteiger partial charge in [-0.2, -0.15) is 0 Å². The minimum Gasteiger partial charge on any atom is -0.462 e. The van der Waals surface area contributed by atoms with E-state index in [2.05, 4.69) is 0 Å². The standard InChI is InChI=1S/C12H18O4S/c1-3-16-12(15)11-6-8(2)10(17-11)5-4-9(14)7-13/h6,9,13-14H,3-5,7H2,1-2H3/t9-/m1/s1. The summed E-state index contributed by atoms with van der Waals surface area (Å²) >= 11 is 1.39. The minimum absolute atomic E-state index is 0.227. The lowest BCUT2D eigenvalue weighted by Crippen LogP contribution is -2.12. The molecule has 96 valence electrons. The predicted octanol–water partition coefficient (Wildman–Crippen LogP) is 1.52. The van der Waals surface area contributed by atoms with E-state index in [1.54, 1.807) is 6.92 Å². The van der Waals surface area contributed by atoms with Crippen LogP contribution in [-0.2, 0) is 11.2 Å². The van der Waals surface area contributed by atoms with Gasteiger partial charge in [-0.15, -0.1) is 11.3 Å². The van der Waals surface area contributed by atoms with Crippen LogP contribution >= 0.6 is 11.3 Å². The first-order valence-corrected chi connectivity index (χ1v) is 6.45. The summed E-state index contributed by atoms with van der Waals surface area (Å²) in [5.74, 6) is -0.297. The normalized spacial score (nSPS) is 12.5. The Morgan fingerprint density at radius 3 is 2.88 bits per heavy atom. The fourth-order valence-corrected chi connectivity index (χ4v) is 2.54. The van der Waals surface area contributed by atoms with Gasteiger partial charge in [0.1, 0.15) is 4.88 Å². The second-order valence-corrected chi connectivity index (χ2v) is 4.95. The van der Waals surface area contributed by atoms with Crippen LogP contribution < -0.4 is 0 Å². The zero-order valence-corrected chi connectivity index (χ0v) is 10.9. The highest BCUT2D eigenvalue weighted by molar-refractivity contribution is 7.14. The second kappa shape index (κ2) is 6.74. The van der Waals surface area contributed by atoms with Gasteiger partial charge in [-0.1, -0.05) is 0 Å². The van der Waals surface area contributed by atoms with Gasteiger partial charge in [0, 0.05) is 4.88 Å². The zero-order valence-electron chi connectivity index (χ0n) is 10.1. The first-order chi connectivity index (χ1) is 8.08. The molecule has 0 aliphatic carbocycles. The Balaban J connectivity index is 2.65. The smallest absolute Gasteiger partial charge is 0.348 e. The molecule has 0 spiro atoms. The minimum atomic E-state index is -0.692. The van der Waals surface area contributed by atoms with E-state index in [4.69, 9.17) is 9.84 Å². The van der Waals surface area contributed by atoms with Crippen molar-refractivity contribution in [1.29, 1.82) is 0 Å². The number of rotatable bonds is 6. The average Bonchev–Trinajstić information content (AvgIpc) is 2.68. The summed E-state index contributed by atoms with van der Waals surface area (Å²) in [5, 5.41) is 18.0. The Kier molecular flexibility index (Phi) is 5.61. The van der Waals surface area contributed by atoms with E-state index >= 15 is 0 Å². The first-order valence-electron chi connectivity index (χ1n) is 5.63. The number of carbonyl (C=O) groups is 1. The van der Waals surface area contributed by atoms with Crippen LogP contribution in [0.3, 0.4) is 0 Å². The van der Waals surface area contributed by atoms with Gasteiger partial charge in [0.05, 0.1) is 19.3 Å². The molecule has 2 N–H and O–H groups in total. The highest BCUT2D eigenvalue weighted by Crippen LogP contribution is 2.24. The van der Waals surface area contributed by atoms with Crippen molar-refractivity contribution in [2.45, 2.75) is 32.8 Å². The van der Waals surface area contributed by atoms with Gasteiger partial charge in [-0.05, 0) is 38.3 Å². The SMILES string of the molecule is CCOC(=O)c1cc(C)c(CC[C@@H](O)CO)s1. The van der Waals surface area contributed by atoms with Gasteiger partial charge in [-0.3, -0.25) is 0 Å². The molecule has 0 aromatic carbocycles. The maximum Gasteiger partial charge on any atom is 0.348 e. The fraction of sp³-hybridized carbons (Fsp3) is 0.583. The van der Waals surface area contributed by atoms with Crippen molar-refractivity contribution in [2.24, 2.45) is 0 Å². The highest BCUT2D eigenvalue weighted by Gasteiger charge is 2.14.